The second-order valence-electron chi connectivity index (χ2n) is 6.22. The number of halogens is 3. The molecule has 0 saturated carbocycles. The van der Waals surface area contributed by atoms with Crippen LogP contribution in [0.25, 0.3) is 11.1 Å². The summed E-state index contributed by atoms with van der Waals surface area (Å²) in [5.74, 6) is -0.335. The zero-order chi connectivity index (χ0) is 19.0. The van der Waals surface area contributed by atoms with Gasteiger partial charge in [0.05, 0.1) is 6.20 Å². The Hall–Kier alpha value is -3.22. The quantitative estimate of drug-likeness (QED) is 0.690. The van der Waals surface area contributed by atoms with Gasteiger partial charge in [0.2, 0.25) is 0 Å². The average molecular weight is 372 g/mol. The second-order valence-corrected chi connectivity index (χ2v) is 6.22. The van der Waals surface area contributed by atoms with E-state index >= 15 is 0 Å². The van der Waals surface area contributed by atoms with Crippen molar-refractivity contribution in [3.05, 3.63) is 71.8 Å². The standard InChI is InChI=1S/C20H15F3N2O2/c1-12-6-18-19(27-20(22,23)26-18)8-17(12)14-2-4-16(5-3-14)25-10-13-7-15(21)11-24-9-13/h2-9,11,25H,10H2,1H3. The van der Waals surface area contributed by atoms with Crippen LogP contribution in [0, 0.1) is 12.7 Å². The highest BCUT2D eigenvalue weighted by atomic mass is 19.3. The van der Waals surface area contributed by atoms with E-state index < -0.39 is 6.29 Å². The average Bonchev–Trinajstić information content (AvgIpc) is 2.92. The molecule has 3 aromatic rings. The summed E-state index contributed by atoms with van der Waals surface area (Å²) in [5, 5.41) is 3.18. The number of rotatable bonds is 4. The summed E-state index contributed by atoms with van der Waals surface area (Å²) >= 11 is 0. The second kappa shape index (κ2) is 6.50. The highest BCUT2D eigenvalue weighted by molar-refractivity contribution is 5.72. The molecule has 0 aliphatic carbocycles. The molecular formula is C20H15F3N2O2. The minimum Gasteiger partial charge on any atom is -0.395 e. The first-order valence-electron chi connectivity index (χ1n) is 8.24. The fourth-order valence-corrected chi connectivity index (χ4v) is 2.93. The predicted octanol–water partition coefficient (Wildman–Crippen LogP) is 5.13. The number of benzene rings is 2. The lowest BCUT2D eigenvalue weighted by Gasteiger charge is -2.10. The Morgan fingerprint density at radius 3 is 2.41 bits per heavy atom. The summed E-state index contributed by atoms with van der Waals surface area (Å²) in [4.78, 5) is 3.81. The molecule has 0 saturated heterocycles. The molecule has 1 aliphatic rings. The lowest BCUT2D eigenvalue weighted by Crippen LogP contribution is -2.25. The molecule has 2 heterocycles. The van der Waals surface area contributed by atoms with Gasteiger partial charge in [-0.1, -0.05) is 12.1 Å². The van der Waals surface area contributed by atoms with Crippen molar-refractivity contribution in [3.8, 4) is 22.6 Å². The number of hydrogen-bond acceptors (Lipinski definition) is 4. The monoisotopic (exact) mass is 372 g/mol. The van der Waals surface area contributed by atoms with E-state index in [2.05, 4.69) is 19.8 Å². The van der Waals surface area contributed by atoms with Gasteiger partial charge in [-0.2, -0.15) is 0 Å². The van der Waals surface area contributed by atoms with E-state index in [1.54, 1.807) is 12.3 Å². The number of alkyl halides is 2. The number of anilines is 1. The summed E-state index contributed by atoms with van der Waals surface area (Å²) in [6, 6.07) is 12.0. The molecule has 0 bridgehead atoms. The fourth-order valence-electron chi connectivity index (χ4n) is 2.93. The first-order valence-corrected chi connectivity index (χ1v) is 8.24. The third kappa shape index (κ3) is 3.67. The van der Waals surface area contributed by atoms with Crippen molar-refractivity contribution < 1.29 is 22.6 Å². The van der Waals surface area contributed by atoms with Gasteiger partial charge in [0.1, 0.15) is 5.82 Å². The van der Waals surface area contributed by atoms with Crippen LogP contribution in [0.1, 0.15) is 11.1 Å². The van der Waals surface area contributed by atoms with Gasteiger partial charge in [-0.05, 0) is 59.5 Å². The zero-order valence-electron chi connectivity index (χ0n) is 14.3. The summed E-state index contributed by atoms with van der Waals surface area (Å²) in [6.45, 7) is 2.25. The lowest BCUT2D eigenvalue weighted by molar-refractivity contribution is -0.286. The Morgan fingerprint density at radius 1 is 1.00 bits per heavy atom. The molecule has 0 radical (unpaired) electrons. The van der Waals surface area contributed by atoms with Crippen LogP contribution in [-0.4, -0.2) is 11.3 Å². The van der Waals surface area contributed by atoms with Crippen molar-refractivity contribution in [2.45, 2.75) is 19.8 Å². The van der Waals surface area contributed by atoms with E-state index in [0.717, 1.165) is 34.1 Å². The van der Waals surface area contributed by atoms with Gasteiger partial charge >= 0.3 is 6.29 Å². The number of ether oxygens (including phenoxy) is 2. The Labute approximate surface area is 153 Å². The number of nitrogens with zero attached hydrogens (tertiary/aromatic N) is 1. The van der Waals surface area contributed by atoms with Crippen LogP contribution >= 0.6 is 0 Å². The molecule has 2 aromatic carbocycles. The lowest BCUT2D eigenvalue weighted by atomic mass is 9.99. The van der Waals surface area contributed by atoms with Crippen LogP contribution in [0.4, 0.5) is 18.9 Å². The smallest absolute Gasteiger partial charge is 0.395 e. The van der Waals surface area contributed by atoms with Crippen molar-refractivity contribution in [1.29, 1.82) is 0 Å². The molecule has 4 nitrogen and oxygen atoms in total. The number of pyridine rings is 1. The Balaban J connectivity index is 1.51. The minimum atomic E-state index is -3.63. The van der Waals surface area contributed by atoms with Crippen LogP contribution < -0.4 is 14.8 Å². The summed E-state index contributed by atoms with van der Waals surface area (Å²) < 4.78 is 48.6. The van der Waals surface area contributed by atoms with E-state index in [1.165, 1.54) is 12.1 Å². The van der Waals surface area contributed by atoms with E-state index in [4.69, 9.17) is 0 Å². The molecular weight excluding hydrogens is 357 g/mol. The van der Waals surface area contributed by atoms with Gasteiger partial charge in [-0.3, -0.25) is 4.98 Å². The Kier molecular flexibility index (Phi) is 4.14. The maximum atomic E-state index is 13.2. The van der Waals surface area contributed by atoms with Crippen LogP contribution in [0.5, 0.6) is 11.5 Å². The molecule has 0 atom stereocenters. The molecule has 1 aromatic heterocycles. The molecule has 4 rings (SSSR count). The van der Waals surface area contributed by atoms with Crippen LogP contribution in [-0.2, 0) is 6.54 Å². The van der Waals surface area contributed by atoms with Gasteiger partial charge in [0, 0.05) is 18.4 Å². The predicted molar refractivity (Wildman–Crippen MR) is 94.3 cm³/mol. The topological polar surface area (TPSA) is 43.4 Å². The van der Waals surface area contributed by atoms with Crippen molar-refractivity contribution in [3.63, 3.8) is 0 Å². The number of fused-ring (bicyclic) bond motifs is 1. The van der Waals surface area contributed by atoms with Gasteiger partial charge < -0.3 is 14.8 Å². The molecule has 0 spiro atoms. The van der Waals surface area contributed by atoms with E-state index in [1.807, 2.05) is 31.2 Å². The highest BCUT2D eigenvalue weighted by Crippen LogP contribution is 2.44. The maximum Gasteiger partial charge on any atom is 0.586 e. The van der Waals surface area contributed by atoms with Crippen molar-refractivity contribution in [1.82, 2.24) is 4.98 Å². The minimum absolute atomic E-state index is 0.0152. The van der Waals surface area contributed by atoms with Crippen molar-refractivity contribution >= 4 is 5.69 Å². The largest absolute Gasteiger partial charge is 0.586 e. The number of aryl methyl sites for hydroxylation is 1. The van der Waals surface area contributed by atoms with Gasteiger partial charge in [-0.25, -0.2) is 4.39 Å². The van der Waals surface area contributed by atoms with Crippen LogP contribution in [0.2, 0.25) is 0 Å². The molecule has 1 N–H and O–H groups in total. The highest BCUT2D eigenvalue weighted by Gasteiger charge is 2.43. The van der Waals surface area contributed by atoms with Crippen LogP contribution in [0.15, 0.2) is 54.9 Å². The maximum absolute atomic E-state index is 13.2. The zero-order valence-corrected chi connectivity index (χ0v) is 14.3. The molecule has 27 heavy (non-hydrogen) atoms. The van der Waals surface area contributed by atoms with Crippen molar-refractivity contribution in [2.24, 2.45) is 0 Å². The molecule has 1 aliphatic heterocycles. The number of nitrogens with one attached hydrogen (secondary N) is 1. The van der Waals surface area contributed by atoms with E-state index in [-0.39, 0.29) is 17.3 Å². The Bertz CT molecular complexity index is 991. The molecule has 0 fully saturated rings. The molecule has 138 valence electrons. The van der Waals surface area contributed by atoms with E-state index in [0.29, 0.717) is 6.54 Å². The third-order valence-electron chi connectivity index (χ3n) is 4.20. The molecule has 0 amide bonds. The molecule has 7 heteroatoms. The number of hydrogen-bond donors (Lipinski definition) is 1. The summed E-state index contributed by atoms with van der Waals surface area (Å²) in [7, 11) is 0. The van der Waals surface area contributed by atoms with Gasteiger partial charge in [0.15, 0.2) is 11.5 Å². The first-order chi connectivity index (χ1) is 12.9. The summed E-state index contributed by atoms with van der Waals surface area (Å²) in [6.07, 6.45) is -0.884. The normalized spacial score (nSPS) is 14.2. The fraction of sp³-hybridized carbons (Fsp3) is 0.150. The first kappa shape index (κ1) is 17.2. The Morgan fingerprint density at radius 2 is 1.70 bits per heavy atom. The number of aromatic nitrogens is 1. The van der Waals surface area contributed by atoms with E-state index in [9.17, 15) is 13.2 Å². The molecule has 0 unspecified atom stereocenters. The van der Waals surface area contributed by atoms with Crippen LogP contribution in [0.3, 0.4) is 0 Å². The third-order valence-corrected chi connectivity index (χ3v) is 4.20. The van der Waals surface area contributed by atoms with Crippen molar-refractivity contribution in [2.75, 3.05) is 5.32 Å². The summed E-state index contributed by atoms with van der Waals surface area (Å²) in [5.41, 5.74) is 3.99. The van der Waals surface area contributed by atoms with Gasteiger partial charge in [-0.15, -0.1) is 8.78 Å². The van der Waals surface area contributed by atoms with Gasteiger partial charge in [0.25, 0.3) is 0 Å². The SMILES string of the molecule is Cc1cc2c(cc1-c1ccc(NCc3cncc(F)c3)cc1)OC(F)(F)O2.